The Morgan fingerprint density at radius 3 is 2.70 bits per heavy atom. The lowest BCUT2D eigenvalue weighted by Gasteiger charge is -2.34. The zero-order valence-electron chi connectivity index (χ0n) is 15.2. The number of aromatic amines is 1. The van der Waals surface area contributed by atoms with Crippen LogP contribution in [0.4, 0.5) is 0 Å². The van der Waals surface area contributed by atoms with Crippen molar-refractivity contribution in [2.24, 2.45) is 5.73 Å². The highest BCUT2D eigenvalue weighted by Gasteiger charge is 2.28. The van der Waals surface area contributed by atoms with Crippen LogP contribution >= 0.6 is 12.2 Å². The number of ether oxygens (including phenoxy) is 2. The largest absolute Gasteiger partial charge is 0.497 e. The van der Waals surface area contributed by atoms with Gasteiger partial charge in [0.25, 0.3) is 5.56 Å². The van der Waals surface area contributed by atoms with E-state index in [0.717, 1.165) is 12.8 Å². The number of hydrogen-bond acceptors (Lipinski definition) is 6. The molecule has 8 nitrogen and oxygen atoms in total. The number of nitrogens with zero attached hydrogens (tertiary/aromatic N) is 1. The van der Waals surface area contributed by atoms with E-state index >= 15 is 0 Å². The van der Waals surface area contributed by atoms with Crippen molar-refractivity contribution in [3.8, 4) is 22.8 Å². The van der Waals surface area contributed by atoms with Crippen LogP contribution in [-0.4, -0.2) is 41.8 Å². The van der Waals surface area contributed by atoms with Gasteiger partial charge in [-0.1, -0.05) is 0 Å². The lowest BCUT2D eigenvalue weighted by atomic mass is 9.87. The maximum atomic E-state index is 12.5. The summed E-state index contributed by atoms with van der Waals surface area (Å²) in [6.07, 6.45) is 1.76. The molecule has 4 N–H and O–H groups in total. The van der Waals surface area contributed by atoms with E-state index in [1.807, 2.05) is 0 Å². The Labute approximate surface area is 161 Å². The van der Waals surface area contributed by atoms with Gasteiger partial charge >= 0.3 is 0 Å². The summed E-state index contributed by atoms with van der Waals surface area (Å²) in [6.45, 7) is -0.0383. The summed E-state index contributed by atoms with van der Waals surface area (Å²) in [5.74, 6) is 0.902. The molecule has 1 amide bonds. The first-order valence-electron chi connectivity index (χ1n) is 8.54. The molecule has 0 aliphatic heterocycles. The molecule has 0 bridgehead atoms. The van der Waals surface area contributed by atoms with Gasteiger partial charge in [-0.3, -0.25) is 14.6 Å². The van der Waals surface area contributed by atoms with E-state index in [1.165, 1.54) is 13.2 Å². The molecule has 2 aromatic rings. The highest BCUT2D eigenvalue weighted by molar-refractivity contribution is 7.71. The molecule has 27 heavy (non-hydrogen) atoms. The Hall–Kier alpha value is -2.65. The summed E-state index contributed by atoms with van der Waals surface area (Å²) in [4.78, 5) is 27.0. The summed E-state index contributed by atoms with van der Waals surface area (Å²) < 4.78 is 12.4. The van der Waals surface area contributed by atoms with Crippen LogP contribution in [0.1, 0.15) is 12.8 Å². The summed E-state index contributed by atoms with van der Waals surface area (Å²) in [6, 6.07) is 6.57. The summed E-state index contributed by atoms with van der Waals surface area (Å²) in [5.41, 5.74) is 6.64. The molecule has 0 saturated heterocycles. The summed E-state index contributed by atoms with van der Waals surface area (Å²) in [7, 11) is 3.08. The third kappa shape index (κ3) is 4.04. The third-order valence-corrected chi connectivity index (χ3v) is 5.02. The molecule has 1 fully saturated rings. The standard InChI is InChI=1S/C18H22N4O4S/c1-25-10-3-4-11(15(7-10)26-2)14-8-16(23)21-18(27)22(14)9-17(24)20-13-6-5-12(13)19/h3-4,7-8,12-13H,5-6,9,19H2,1-2H3,(H,20,24)(H,21,23,27)/t12-,13?/m0/s1. The van der Waals surface area contributed by atoms with Gasteiger partial charge in [-0.15, -0.1) is 0 Å². The minimum absolute atomic E-state index is 0.0151. The van der Waals surface area contributed by atoms with Gasteiger partial charge in [-0.25, -0.2) is 0 Å². The third-order valence-electron chi connectivity index (χ3n) is 4.69. The van der Waals surface area contributed by atoms with Crippen molar-refractivity contribution in [2.75, 3.05) is 14.2 Å². The number of benzene rings is 1. The van der Waals surface area contributed by atoms with Crippen LogP contribution in [0.3, 0.4) is 0 Å². The number of methoxy groups -OCH3 is 2. The Morgan fingerprint density at radius 1 is 1.33 bits per heavy atom. The first kappa shape index (κ1) is 19.1. The van der Waals surface area contributed by atoms with E-state index < -0.39 is 0 Å². The molecule has 1 heterocycles. The topological polar surface area (TPSA) is 111 Å². The summed E-state index contributed by atoms with van der Waals surface area (Å²) in [5, 5.41) is 2.91. The number of hydrogen-bond donors (Lipinski definition) is 3. The van der Waals surface area contributed by atoms with Gasteiger partial charge in [0.15, 0.2) is 4.77 Å². The maximum Gasteiger partial charge on any atom is 0.252 e. The molecule has 0 spiro atoms. The van der Waals surface area contributed by atoms with Crippen LogP contribution in [0, 0.1) is 4.77 Å². The van der Waals surface area contributed by atoms with Crippen molar-refractivity contribution in [3.05, 3.63) is 39.4 Å². The average Bonchev–Trinajstić information content (AvgIpc) is 2.66. The lowest BCUT2D eigenvalue weighted by Crippen LogP contribution is -2.55. The zero-order chi connectivity index (χ0) is 19.6. The van der Waals surface area contributed by atoms with E-state index in [4.69, 9.17) is 27.4 Å². The van der Waals surface area contributed by atoms with Crippen molar-refractivity contribution >= 4 is 18.1 Å². The van der Waals surface area contributed by atoms with Crippen molar-refractivity contribution < 1.29 is 14.3 Å². The van der Waals surface area contributed by atoms with Gasteiger partial charge < -0.3 is 25.1 Å². The smallest absolute Gasteiger partial charge is 0.252 e. The number of H-pyrrole nitrogens is 1. The van der Waals surface area contributed by atoms with E-state index in [9.17, 15) is 9.59 Å². The van der Waals surface area contributed by atoms with Crippen LogP contribution in [0.2, 0.25) is 0 Å². The van der Waals surface area contributed by atoms with E-state index in [0.29, 0.717) is 22.8 Å². The van der Waals surface area contributed by atoms with Crippen LogP contribution in [-0.2, 0) is 11.3 Å². The highest BCUT2D eigenvalue weighted by atomic mass is 32.1. The molecule has 1 aromatic carbocycles. The van der Waals surface area contributed by atoms with Gasteiger partial charge in [-0.2, -0.15) is 0 Å². The minimum Gasteiger partial charge on any atom is -0.497 e. The lowest BCUT2D eigenvalue weighted by molar-refractivity contribution is -0.123. The highest BCUT2D eigenvalue weighted by Crippen LogP contribution is 2.32. The Balaban J connectivity index is 1.99. The molecule has 3 rings (SSSR count). The van der Waals surface area contributed by atoms with Crippen LogP contribution in [0.25, 0.3) is 11.3 Å². The molecular weight excluding hydrogens is 368 g/mol. The fraction of sp³-hybridized carbons (Fsp3) is 0.389. The molecule has 1 saturated carbocycles. The first-order valence-corrected chi connectivity index (χ1v) is 8.95. The van der Waals surface area contributed by atoms with Gasteiger partial charge in [-0.05, 0) is 37.2 Å². The van der Waals surface area contributed by atoms with Gasteiger partial charge in [0.2, 0.25) is 5.91 Å². The molecule has 0 radical (unpaired) electrons. The number of carbonyl (C=O) groups excluding carboxylic acids is 1. The fourth-order valence-corrected chi connectivity index (χ4v) is 3.28. The second-order valence-corrected chi connectivity index (χ2v) is 6.78. The predicted molar refractivity (Wildman–Crippen MR) is 104 cm³/mol. The zero-order valence-corrected chi connectivity index (χ0v) is 16.0. The van der Waals surface area contributed by atoms with Crippen molar-refractivity contribution in [3.63, 3.8) is 0 Å². The number of rotatable bonds is 6. The minimum atomic E-state index is -0.356. The molecule has 2 atom stereocenters. The monoisotopic (exact) mass is 390 g/mol. The van der Waals surface area contributed by atoms with Crippen LogP contribution in [0.15, 0.2) is 29.1 Å². The number of nitrogens with two attached hydrogens (primary N) is 1. The van der Waals surface area contributed by atoms with Crippen LogP contribution in [0.5, 0.6) is 11.5 Å². The van der Waals surface area contributed by atoms with E-state index in [2.05, 4.69) is 10.3 Å². The molecule has 1 aromatic heterocycles. The van der Waals surface area contributed by atoms with Crippen molar-refractivity contribution in [1.29, 1.82) is 0 Å². The Bertz CT molecular complexity index is 969. The molecule has 9 heteroatoms. The Kier molecular flexibility index (Phi) is 5.62. The molecule has 144 valence electrons. The van der Waals surface area contributed by atoms with Gasteiger partial charge in [0.05, 0.1) is 19.9 Å². The second-order valence-electron chi connectivity index (χ2n) is 6.39. The normalized spacial score (nSPS) is 18.5. The number of aromatic nitrogens is 2. The van der Waals surface area contributed by atoms with Gasteiger partial charge in [0.1, 0.15) is 18.0 Å². The van der Waals surface area contributed by atoms with Crippen molar-refractivity contribution in [2.45, 2.75) is 31.5 Å². The van der Waals surface area contributed by atoms with Crippen molar-refractivity contribution in [1.82, 2.24) is 14.9 Å². The number of carbonyl (C=O) groups is 1. The molecule has 1 aliphatic carbocycles. The number of nitrogens with one attached hydrogen (secondary N) is 2. The molecule has 1 unspecified atom stereocenters. The first-order chi connectivity index (χ1) is 12.9. The Morgan fingerprint density at radius 2 is 2.11 bits per heavy atom. The second kappa shape index (κ2) is 7.93. The van der Waals surface area contributed by atoms with E-state index in [1.54, 1.807) is 29.9 Å². The average molecular weight is 390 g/mol. The quantitative estimate of drug-likeness (QED) is 0.639. The molecule has 1 aliphatic rings. The SMILES string of the molecule is COc1ccc(-c2cc(=O)[nH]c(=S)n2CC(=O)NC2CC[C@@H]2N)c(OC)c1. The fourth-order valence-electron chi connectivity index (χ4n) is 3.01. The maximum absolute atomic E-state index is 12.5. The molecular formula is C18H22N4O4S. The summed E-state index contributed by atoms with van der Waals surface area (Å²) >= 11 is 5.29. The number of amides is 1. The van der Waals surface area contributed by atoms with Gasteiger partial charge in [0, 0.05) is 29.8 Å². The predicted octanol–water partition coefficient (Wildman–Crippen LogP) is 1.20. The van der Waals surface area contributed by atoms with Crippen LogP contribution < -0.4 is 26.1 Å². The van der Waals surface area contributed by atoms with E-state index in [-0.39, 0.29) is 34.9 Å².